The van der Waals surface area contributed by atoms with Gasteiger partial charge in [0, 0.05) is 19.1 Å². The fourth-order valence-corrected chi connectivity index (χ4v) is 2.69. The standard InChI is InChI=1S/C15H24N2O/c1-17(15(10-16)13-4-3-5-13)11-12-6-8-14(18-2)9-7-12/h6-9,13,15H,3-5,10-11,16H2,1-2H3. The Morgan fingerprint density at radius 1 is 1.33 bits per heavy atom. The maximum Gasteiger partial charge on any atom is 0.118 e. The Morgan fingerprint density at radius 2 is 2.00 bits per heavy atom. The van der Waals surface area contributed by atoms with E-state index in [9.17, 15) is 0 Å². The summed E-state index contributed by atoms with van der Waals surface area (Å²) in [6, 6.07) is 8.82. The lowest BCUT2D eigenvalue weighted by Gasteiger charge is -2.38. The van der Waals surface area contributed by atoms with E-state index in [1.165, 1.54) is 24.8 Å². The molecule has 1 aliphatic carbocycles. The van der Waals surface area contributed by atoms with Crippen molar-refractivity contribution in [1.29, 1.82) is 0 Å². The van der Waals surface area contributed by atoms with Crippen LogP contribution in [0, 0.1) is 5.92 Å². The van der Waals surface area contributed by atoms with Gasteiger partial charge in [-0.3, -0.25) is 4.90 Å². The van der Waals surface area contributed by atoms with Crippen LogP contribution >= 0.6 is 0 Å². The normalized spacial score (nSPS) is 17.6. The molecular formula is C15H24N2O. The van der Waals surface area contributed by atoms with Crippen molar-refractivity contribution in [2.24, 2.45) is 11.7 Å². The zero-order valence-corrected chi connectivity index (χ0v) is 11.4. The van der Waals surface area contributed by atoms with Gasteiger partial charge in [0.25, 0.3) is 0 Å². The maximum absolute atomic E-state index is 5.92. The molecule has 0 radical (unpaired) electrons. The maximum atomic E-state index is 5.92. The molecule has 0 amide bonds. The van der Waals surface area contributed by atoms with Crippen molar-refractivity contribution in [3.05, 3.63) is 29.8 Å². The van der Waals surface area contributed by atoms with Crippen molar-refractivity contribution in [3.8, 4) is 5.75 Å². The number of hydrogen-bond donors (Lipinski definition) is 1. The Bertz CT molecular complexity index is 359. The molecule has 1 unspecified atom stereocenters. The smallest absolute Gasteiger partial charge is 0.118 e. The van der Waals surface area contributed by atoms with Crippen molar-refractivity contribution in [2.45, 2.75) is 31.8 Å². The van der Waals surface area contributed by atoms with E-state index in [0.717, 1.165) is 24.8 Å². The molecule has 2 N–H and O–H groups in total. The lowest BCUT2D eigenvalue weighted by molar-refractivity contribution is 0.118. The molecule has 1 aromatic rings. The number of benzene rings is 1. The molecule has 0 saturated heterocycles. The van der Waals surface area contributed by atoms with Crippen molar-refractivity contribution >= 4 is 0 Å². The van der Waals surface area contributed by atoms with Gasteiger partial charge in [0.1, 0.15) is 5.75 Å². The molecule has 2 rings (SSSR count). The van der Waals surface area contributed by atoms with Crippen LogP contribution in [-0.2, 0) is 6.54 Å². The molecule has 0 spiro atoms. The first-order chi connectivity index (χ1) is 8.74. The van der Waals surface area contributed by atoms with Crippen molar-refractivity contribution in [1.82, 2.24) is 4.90 Å². The number of ether oxygens (including phenoxy) is 1. The molecule has 1 aliphatic rings. The average molecular weight is 248 g/mol. The highest BCUT2D eigenvalue weighted by atomic mass is 16.5. The first kappa shape index (κ1) is 13.4. The third kappa shape index (κ3) is 3.03. The minimum atomic E-state index is 0.529. The van der Waals surface area contributed by atoms with Crippen LogP contribution in [-0.4, -0.2) is 31.6 Å². The van der Waals surface area contributed by atoms with Crippen LogP contribution < -0.4 is 10.5 Å². The highest BCUT2D eigenvalue weighted by Crippen LogP contribution is 2.31. The molecule has 3 nitrogen and oxygen atoms in total. The zero-order valence-electron chi connectivity index (χ0n) is 11.4. The van der Waals surface area contributed by atoms with Gasteiger partial charge < -0.3 is 10.5 Å². The second-order valence-electron chi connectivity index (χ2n) is 5.26. The number of hydrogen-bond acceptors (Lipinski definition) is 3. The van der Waals surface area contributed by atoms with Gasteiger partial charge in [-0.1, -0.05) is 18.6 Å². The molecule has 18 heavy (non-hydrogen) atoms. The Morgan fingerprint density at radius 3 is 2.44 bits per heavy atom. The predicted molar refractivity (Wildman–Crippen MR) is 74.6 cm³/mol. The van der Waals surface area contributed by atoms with E-state index in [0.29, 0.717) is 6.04 Å². The lowest BCUT2D eigenvalue weighted by atomic mass is 9.79. The Balaban J connectivity index is 1.93. The van der Waals surface area contributed by atoms with Crippen molar-refractivity contribution in [2.75, 3.05) is 20.7 Å². The molecule has 1 atom stereocenters. The van der Waals surface area contributed by atoms with E-state index in [2.05, 4.69) is 24.1 Å². The first-order valence-corrected chi connectivity index (χ1v) is 6.78. The summed E-state index contributed by atoms with van der Waals surface area (Å²) >= 11 is 0. The third-order valence-corrected chi connectivity index (χ3v) is 4.09. The summed E-state index contributed by atoms with van der Waals surface area (Å²) < 4.78 is 5.17. The van der Waals surface area contributed by atoms with Gasteiger partial charge in [-0.15, -0.1) is 0 Å². The first-order valence-electron chi connectivity index (χ1n) is 6.78. The molecule has 100 valence electrons. The highest BCUT2D eigenvalue weighted by Gasteiger charge is 2.28. The second-order valence-corrected chi connectivity index (χ2v) is 5.26. The van der Waals surface area contributed by atoms with Crippen LogP contribution in [0.15, 0.2) is 24.3 Å². The molecule has 0 aliphatic heterocycles. The second kappa shape index (κ2) is 6.21. The number of nitrogens with zero attached hydrogens (tertiary/aromatic N) is 1. The molecule has 0 aromatic heterocycles. The van der Waals surface area contributed by atoms with E-state index in [1.54, 1.807) is 7.11 Å². The van der Waals surface area contributed by atoms with E-state index >= 15 is 0 Å². The fraction of sp³-hybridized carbons (Fsp3) is 0.600. The van der Waals surface area contributed by atoms with Gasteiger partial charge in [-0.25, -0.2) is 0 Å². The molecule has 1 aromatic carbocycles. The Labute approximate surface area is 110 Å². The molecule has 3 heteroatoms. The summed E-state index contributed by atoms with van der Waals surface area (Å²) in [5.74, 6) is 1.72. The number of likely N-dealkylation sites (N-methyl/N-ethyl adjacent to an activating group) is 1. The van der Waals surface area contributed by atoms with Crippen LogP contribution in [0.2, 0.25) is 0 Å². The van der Waals surface area contributed by atoms with Crippen LogP contribution in [0.3, 0.4) is 0 Å². The molecule has 1 saturated carbocycles. The van der Waals surface area contributed by atoms with Crippen molar-refractivity contribution < 1.29 is 4.74 Å². The fourth-order valence-electron chi connectivity index (χ4n) is 2.69. The van der Waals surface area contributed by atoms with Crippen LogP contribution in [0.4, 0.5) is 0 Å². The van der Waals surface area contributed by atoms with E-state index in [1.807, 2.05) is 12.1 Å². The van der Waals surface area contributed by atoms with Gasteiger partial charge in [0.2, 0.25) is 0 Å². The SMILES string of the molecule is COc1ccc(CN(C)C(CN)C2CCC2)cc1. The molecule has 0 bridgehead atoms. The quantitative estimate of drug-likeness (QED) is 0.839. The predicted octanol–water partition coefficient (Wildman–Crippen LogP) is 2.25. The molecule has 1 fully saturated rings. The average Bonchev–Trinajstić information content (AvgIpc) is 2.34. The van der Waals surface area contributed by atoms with Crippen LogP contribution in [0.25, 0.3) is 0 Å². The largest absolute Gasteiger partial charge is 0.497 e. The zero-order chi connectivity index (χ0) is 13.0. The molecule has 0 heterocycles. The number of rotatable bonds is 6. The topological polar surface area (TPSA) is 38.5 Å². The summed E-state index contributed by atoms with van der Waals surface area (Å²) in [6.45, 7) is 1.72. The third-order valence-electron chi connectivity index (χ3n) is 4.09. The van der Waals surface area contributed by atoms with E-state index in [4.69, 9.17) is 10.5 Å². The number of methoxy groups -OCH3 is 1. The Hall–Kier alpha value is -1.06. The van der Waals surface area contributed by atoms with Gasteiger partial charge >= 0.3 is 0 Å². The number of nitrogens with two attached hydrogens (primary N) is 1. The Kier molecular flexibility index (Phi) is 4.61. The highest BCUT2D eigenvalue weighted by molar-refractivity contribution is 5.27. The van der Waals surface area contributed by atoms with Gasteiger partial charge in [-0.2, -0.15) is 0 Å². The van der Waals surface area contributed by atoms with Crippen LogP contribution in [0.1, 0.15) is 24.8 Å². The minimum Gasteiger partial charge on any atom is -0.497 e. The summed E-state index contributed by atoms with van der Waals surface area (Å²) in [6.07, 6.45) is 4.06. The van der Waals surface area contributed by atoms with Crippen molar-refractivity contribution in [3.63, 3.8) is 0 Å². The monoisotopic (exact) mass is 248 g/mol. The van der Waals surface area contributed by atoms with Crippen LogP contribution in [0.5, 0.6) is 5.75 Å². The molecular weight excluding hydrogens is 224 g/mol. The summed E-state index contributed by atoms with van der Waals surface area (Å²) in [4.78, 5) is 2.39. The summed E-state index contributed by atoms with van der Waals surface area (Å²) in [5, 5.41) is 0. The van der Waals surface area contributed by atoms with E-state index in [-0.39, 0.29) is 0 Å². The van der Waals surface area contributed by atoms with Gasteiger partial charge in [0.15, 0.2) is 0 Å². The lowest BCUT2D eigenvalue weighted by Crippen LogP contribution is -2.45. The van der Waals surface area contributed by atoms with Gasteiger partial charge in [0.05, 0.1) is 7.11 Å². The minimum absolute atomic E-state index is 0.529. The summed E-state index contributed by atoms with van der Waals surface area (Å²) in [7, 11) is 3.88. The van der Waals surface area contributed by atoms with E-state index < -0.39 is 0 Å². The van der Waals surface area contributed by atoms with Gasteiger partial charge in [-0.05, 0) is 43.5 Å². The summed E-state index contributed by atoms with van der Waals surface area (Å²) in [5.41, 5.74) is 7.24.